The van der Waals surface area contributed by atoms with E-state index in [4.69, 9.17) is 10.8 Å². The lowest BCUT2D eigenvalue weighted by molar-refractivity contribution is -0.112. The maximum Gasteiger partial charge on any atom is 0.156 e. The molecule has 0 aliphatic rings. The lowest BCUT2D eigenvalue weighted by Crippen LogP contribution is -1.99. The van der Waals surface area contributed by atoms with Crippen LogP contribution in [0.15, 0.2) is 24.1 Å². The summed E-state index contributed by atoms with van der Waals surface area (Å²) in [6.07, 6.45) is 1.02. The summed E-state index contributed by atoms with van der Waals surface area (Å²) >= 11 is 0. The molecule has 0 radical (unpaired) electrons. The first kappa shape index (κ1) is 7.75. The summed E-state index contributed by atoms with van der Waals surface area (Å²) in [5, 5.41) is 8.71. The molecule has 0 saturated heterocycles. The number of allylic oxidation sites excluding steroid dienone is 1. The first-order valence-electron chi connectivity index (χ1n) is 2.40. The molecule has 0 aliphatic carbocycles. The van der Waals surface area contributed by atoms with Crippen molar-refractivity contribution in [3.63, 3.8) is 0 Å². The van der Waals surface area contributed by atoms with Crippen molar-refractivity contribution in [3.05, 3.63) is 24.1 Å². The molecule has 0 bridgehead atoms. The third-order valence-electron chi connectivity index (χ3n) is 0.669. The van der Waals surface area contributed by atoms with Gasteiger partial charge in [0.05, 0.1) is 5.70 Å². The molecule has 9 heavy (non-hydrogen) atoms. The van der Waals surface area contributed by atoms with Gasteiger partial charge in [0.1, 0.15) is 5.76 Å². The van der Waals surface area contributed by atoms with E-state index in [-0.39, 0.29) is 17.2 Å². The molecule has 0 atom stereocenters. The van der Waals surface area contributed by atoms with Gasteiger partial charge >= 0.3 is 0 Å². The predicted octanol–water partition coefficient (Wildman–Crippen LogP) is 0.490. The van der Waals surface area contributed by atoms with Crippen molar-refractivity contribution in [3.8, 4) is 0 Å². The maximum atomic E-state index is 10.2. The average Bonchev–Trinajstić information content (AvgIpc) is 1.63. The molecule has 3 heteroatoms. The second-order valence-electron chi connectivity index (χ2n) is 1.67. The minimum Gasteiger partial charge on any atom is -0.506 e. The summed E-state index contributed by atoms with van der Waals surface area (Å²) in [4.78, 5) is 10.2. The molecule has 0 aromatic heterocycles. The molecule has 0 fully saturated rings. The molecule has 0 rings (SSSR count). The molecule has 0 unspecified atom stereocenters. The van der Waals surface area contributed by atoms with Crippen LogP contribution in [0.5, 0.6) is 0 Å². The summed E-state index contributed by atoms with van der Waals surface area (Å²) in [6, 6.07) is 0. The zero-order valence-electron chi connectivity index (χ0n) is 5.22. The highest BCUT2D eigenvalue weighted by Crippen LogP contribution is 1.94. The molecule has 0 aliphatic heterocycles. The second kappa shape index (κ2) is 2.91. The Hall–Kier alpha value is -1.25. The van der Waals surface area contributed by atoms with E-state index >= 15 is 0 Å². The van der Waals surface area contributed by atoms with Crippen LogP contribution < -0.4 is 5.73 Å². The van der Waals surface area contributed by atoms with E-state index in [1.165, 1.54) is 6.92 Å². The van der Waals surface area contributed by atoms with Crippen LogP contribution in [-0.2, 0) is 4.79 Å². The summed E-state index contributed by atoms with van der Waals surface area (Å²) < 4.78 is 0. The molecule has 0 spiro atoms. The van der Waals surface area contributed by atoms with Gasteiger partial charge in [-0.05, 0) is 6.92 Å². The Morgan fingerprint density at radius 2 is 2.22 bits per heavy atom. The van der Waals surface area contributed by atoms with E-state index in [0.29, 0.717) is 0 Å². The van der Waals surface area contributed by atoms with E-state index in [0.717, 1.165) is 6.08 Å². The summed E-state index contributed by atoms with van der Waals surface area (Å²) in [5.74, 6) is -0.512. The summed E-state index contributed by atoms with van der Waals surface area (Å²) in [7, 11) is 0. The van der Waals surface area contributed by atoms with Crippen LogP contribution in [0, 0.1) is 0 Å². The molecule has 0 amide bonds. The number of aliphatic hydroxyl groups excluding tert-OH is 1. The van der Waals surface area contributed by atoms with Gasteiger partial charge in [0.2, 0.25) is 0 Å². The quantitative estimate of drug-likeness (QED) is 0.322. The van der Waals surface area contributed by atoms with E-state index in [1.807, 2.05) is 0 Å². The number of hydrogen-bond donors (Lipinski definition) is 2. The Bertz CT molecular complexity index is 170. The number of ketones is 1. The Morgan fingerprint density at radius 1 is 1.78 bits per heavy atom. The third kappa shape index (κ3) is 3.34. The van der Waals surface area contributed by atoms with Gasteiger partial charge < -0.3 is 10.8 Å². The SMILES string of the molecule is C=C(N)C(O)=CC(C)=O. The highest BCUT2D eigenvalue weighted by molar-refractivity contribution is 5.88. The standard InChI is InChI=1S/C6H9NO2/c1-4(8)3-6(9)5(2)7/h3,9H,2,7H2,1H3. The highest BCUT2D eigenvalue weighted by atomic mass is 16.3. The van der Waals surface area contributed by atoms with Gasteiger partial charge in [0.15, 0.2) is 5.78 Å². The minimum absolute atomic E-state index is 0.00481. The summed E-state index contributed by atoms with van der Waals surface area (Å²) in [5.41, 5.74) is 5.02. The van der Waals surface area contributed by atoms with Crippen molar-refractivity contribution in [1.29, 1.82) is 0 Å². The van der Waals surface area contributed by atoms with Gasteiger partial charge in [-0.1, -0.05) is 6.58 Å². The van der Waals surface area contributed by atoms with Gasteiger partial charge in [0, 0.05) is 6.08 Å². The van der Waals surface area contributed by atoms with Crippen molar-refractivity contribution in [2.75, 3.05) is 0 Å². The lowest BCUT2D eigenvalue weighted by Gasteiger charge is -1.93. The molecule has 0 saturated carbocycles. The maximum absolute atomic E-state index is 10.2. The van der Waals surface area contributed by atoms with Gasteiger partial charge in [-0.3, -0.25) is 4.79 Å². The Balaban J connectivity index is 4.17. The van der Waals surface area contributed by atoms with Crippen molar-refractivity contribution in [1.82, 2.24) is 0 Å². The Morgan fingerprint density at radius 3 is 2.33 bits per heavy atom. The molecular weight excluding hydrogens is 118 g/mol. The van der Waals surface area contributed by atoms with Crippen LogP contribution in [0.2, 0.25) is 0 Å². The first-order chi connectivity index (χ1) is 4.04. The van der Waals surface area contributed by atoms with Gasteiger partial charge in [-0.15, -0.1) is 0 Å². The Kier molecular flexibility index (Phi) is 2.51. The van der Waals surface area contributed by atoms with Crippen LogP contribution in [0.4, 0.5) is 0 Å². The van der Waals surface area contributed by atoms with Gasteiger partial charge in [-0.2, -0.15) is 0 Å². The average molecular weight is 127 g/mol. The molecule has 3 N–H and O–H groups in total. The molecule has 3 nitrogen and oxygen atoms in total. The summed E-state index contributed by atoms with van der Waals surface area (Å²) in [6.45, 7) is 4.53. The molecular formula is C6H9NO2. The predicted molar refractivity (Wildman–Crippen MR) is 34.7 cm³/mol. The lowest BCUT2D eigenvalue weighted by atomic mass is 10.3. The van der Waals surface area contributed by atoms with E-state index in [2.05, 4.69) is 6.58 Å². The normalized spacial score (nSPS) is 11.0. The van der Waals surface area contributed by atoms with Crippen LogP contribution in [0.3, 0.4) is 0 Å². The number of nitrogens with two attached hydrogens (primary N) is 1. The first-order valence-corrected chi connectivity index (χ1v) is 2.40. The molecule has 0 aromatic rings. The third-order valence-corrected chi connectivity index (χ3v) is 0.669. The van der Waals surface area contributed by atoms with Crippen molar-refractivity contribution in [2.45, 2.75) is 6.92 Å². The number of aliphatic hydroxyl groups is 1. The van der Waals surface area contributed by atoms with Crippen molar-refractivity contribution < 1.29 is 9.90 Å². The number of rotatable bonds is 2. The van der Waals surface area contributed by atoms with E-state index in [1.54, 1.807) is 0 Å². The van der Waals surface area contributed by atoms with E-state index < -0.39 is 0 Å². The highest BCUT2D eigenvalue weighted by Gasteiger charge is 1.93. The zero-order valence-corrected chi connectivity index (χ0v) is 5.22. The topological polar surface area (TPSA) is 63.3 Å². The number of carbonyl (C=O) groups is 1. The fourth-order valence-electron chi connectivity index (χ4n) is 0.285. The molecule has 0 aromatic carbocycles. The van der Waals surface area contributed by atoms with Crippen LogP contribution in [0.25, 0.3) is 0 Å². The fraction of sp³-hybridized carbons (Fsp3) is 0.167. The smallest absolute Gasteiger partial charge is 0.156 e. The van der Waals surface area contributed by atoms with Gasteiger partial charge in [-0.25, -0.2) is 0 Å². The fourth-order valence-corrected chi connectivity index (χ4v) is 0.285. The number of carbonyl (C=O) groups excluding carboxylic acids is 1. The van der Waals surface area contributed by atoms with Crippen LogP contribution >= 0.6 is 0 Å². The monoisotopic (exact) mass is 127 g/mol. The minimum atomic E-state index is -0.262. The molecule has 50 valence electrons. The van der Waals surface area contributed by atoms with Crippen molar-refractivity contribution >= 4 is 5.78 Å². The second-order valence-corrected chi connectivity index (χ2v) is 1.67. The largest absolute Gasteiger partial charge is 0.506 e. The van der Waals surface area contributed by atoms with Crippen LogP contribution in [0.1, 0.15) is 6.92 Å². The van der Waals surface area contributed by atoms with Crippen LogP contribution in [-0.4, -0.2) is 10.9 Å². The number of hydrogen-bond acceptors (Lipinski definition) is 3. The zero-order chi connectivity index (χ0) is 7.44. The van der Waals surface area contributed by atoms with E-state index in [9.17, 15) is 4.79 Å². The van der Waals surface area contributed by atoms with Crippen molar-refractivity contribution in [2.24, 2.45) is 5.73 Å². The molecule has 0 heterocycles. The van der Waals surface area contributed by atoms with Gasteiger partial charge in [0.25, 0.3) is 0 Å². The Labute approximate surface area is 53.5 Å².